The predicted octanol–water partition coefficient (Wildman–Crippen LogP) is 3.14. The van der Waals surface area contributed by atoms with Gasteiger partial charge in [0, 0.05) is 37.2 Å². The van der Waals surface area contributed by atoms with Gasteiger partial charge in [-0.05, 0) is 37.1 Å². The quantitative estimate of drug-likeness (QED) is 0.568. The number of carbonyl (C=O) groups is 1. The number of anilines is 1. The number of nitro groups is 1. The molecule has 8 nitrogen and oxygen atoms in total. The largest absolute Gasteiger partial charge is 0.497 e. The number of nitro benzene ring substituents is 1. The second-order valence-electron chi connectivity index (χ2n) is 6.90. The van der Waals surface area contributed by atoms with Gasteiger partial charge in [0.1, 0.15) is 17.2 Å². The van der Waals surface area contributed by atoms with Crippen molar-refractivity contribution >= 4 is 17.3 Å². The number of methoxy groups -OCH3 is 2. The van der Waals surface area contributed by atoms with Gasteiger partial charge in [0.15, 0.2) is 0 Å². The van der Waals surface area contributed by atoms with Crippen LogP contribution in [0.3, 0.4) is 0 Å². The van der Waals surface area contributed by atoms with E-state index in [0.29, 0.717) is 49.7 Å². The van der Waals surface area contributed by atoms with Gasteiger partial charge in [-0.15, -0.1) is 0 Å². The van der Waals surface area contributed by atoms with Crippen LogP contribution in [-0.4, -0.2) is 38.1 Å². The number of para-hydroxylation sites is 2. The van der Waals surface area contributed by atoms with Gasteiger partial charge in [0.2, 0.25) is 5.91 Å². The van der Waals surface area contributed by atoms with Crippen LogP contribution in [0.1, 0.15) is 18.4 Å². The summed E-state index contributed by atoms with van der Waals surface area (Å²) < 4.78 is 10.6. The number of hydrogen-bond acceptors (Lipinski definition) is 6. The normalized spacial score (nSPS) is 14.3. The Morgan fingerprint density at radius 3 is 2.55 bits per heavy atom. The van der Waals surface area contributed by atoms with Crippen LogP contribution in [0.15, 0.2) is 42.5 Å². The molecule has 2 aromatic carbocycles. The summed E-state index contributed by atoms with van der Waals surface area (Å²) in [6.45, 7) is 1.56. The molecular weight excluding hydrogens is 374 g/mol. The zero-order valence-electron chi connectivity index (χ0n) is 16.6. The molecule has 3 rings (SSSR count). The Hall–Kier alpha value is -3.29. The number of nitrogens with zero attached hydrogens (tertiary/aromatic N) is 2. The van der Waals surface area contributed by atoms with Crippen molar-refractivity contribution in [3.63, 3.8) is 0 Å². The zero-order valence-corrected chi connectivity index (χ0v) is 16.6. The molecule has 8 heteroatoms. The summed E-state index contributed by atoms with van der Waals surface area (Å²) in [5.74, 6) is 1.26. The van der Waals surface area contributed by atoms with Crippen molar-refractivity contribution in [2.75, 3.05) is 32.2 Å². The first-order valence-electron chi connectivity index (χ1n) is 9.50. The number of nitrogens with one attached hydrogen (secondary N) is 1. The summed E-state index contributed by atoms with van der Waals surface area (Å²) >= 11 is 0. The predicted molar refractivity (Wildman–Crippen MR) is 109 cm³/mol. The van der Waals surface area contributed by atoms with E-state index in [-0.39, 0.29) is 22.4 Å². The lowest BCUT2D eigenvalue weighted by Gasteiger charge is -2.32. The maximum atomic E-state index is 12.6. The molecule has 0 saturated carbocycles. The molecule has 0 aliphatic carbocycles. The fourth-order valence-electron chi connectivity index (χ4n) is 3.62. The molecule has 0 aromatic heterocycles. The van der Waals surface area contributed by atoms with Gasteiger partial charge in [-0.25, -0.2) is 0 Å². The Bertz CT molecular complexity index is 878. The molecule has 1 aliphatic rings. The molecule has 1 N–H and O–H groups in total. The molecule has 0 atom stereocenters. The first-order chi connectivity index (χ1) is 14.0. The van der Waals surface area contributed by atoms with Crippen LogP contribution in [0.4, 0.5) is 11.4 Å². The van der Waals surface area contributed by atoms with E-state index in [1.54, 1.807) is 32.4 Å². The van der Waals surface area contributed by atoms with Crippen molar-refractivity contribution in [2.45, 2.75) is 19.4 Å². The molecule has 29 heavy (non-hydrogen) atoms. The Balaban J connectivity index is 1.58. The summed E-state index contributed by atoms with van der Waals surface area (Å²) in [6, 6.07) is 12.2. The SMILES string of the molecule is COc1ccc(OC)c(CNC(=O)C2CCN(c3ccccc3[N+](=O)[O-])CC2)c1. The molecule has 1 saturated heterocycles. The lowest BCUT2D eigenvalue weighted by atomic mass is 9.95. The van der Waals surface area contributed by atoms with E-state index in [2.05, 4.69) is 5.32 Å². The zero-order chi connectivity index (χ0) is 20.8. The Morgan fingerprint density at radius 2 is 1.90 bits per heavy atom. The van der Waals surface area contributed by atoms with Crippen molar-refractivity contribution in [3.8, 4) is 11.5 Å². The molecule has 1 heterocycles. The third-order valence-corrected chi connectivity index (χ3v) is 5.23. The Morgan fingerprint density at radius 1 is 1.17 bits per heavy atom. The fraction of sp³-hybridized carbons (Fsp3) is 0.381. The van der Waals surface area contributed by atoms with E-state index in [1.165, 1.54) is 6.07 Å². The topological polar surface area (TPSA) is 93.9 Å². The van der Waals surface area contributed by atoms with Gasteiger partial charge in [-0.1, -0.05) is 12.1 Å². The van der Waals surface area contributed by atoms with Crippen molar-refractivity contribution in [1.29, 1.82) is 0 Å². The maximum Gasteiger partial charge on any atom is 0.292 e. The Kier molecular flexibility index (Phi) is 6.54. The van der Waals surface area contributed by atoms with E-state index in [1.807, 2.05) is 23.1 Å². The van der Waals surface area contributed by atoms with Gasteiger partial charge in [0.05, 0.1) is 19.1 Å². The van der Waals surface area contributed by atoms with Crippen LogP contribution >= 0.6 is 0 Å². The maximum absolute atomic E-state index is 12.6. The average molecular weight is 399 g/mol. The number of rotatable bonds is 7. The average Bonchev–Trinajstić information content (AvgIpc) is 2.77. The smallest absolute Gasteiger partial charge is 0.292 e. The van der Waals surface area contributed by atoms with Crippen molar-refractivity contribution in [1.82, 2.24) is 5.32 Å². The number of benzene rings is 2. The van der Waals surface area contributed by atoms with E-state index in [0.717, 1.165) is 5.56 Å². The van der Waals surface area contributed by atoms with Gasteiger partial charge < -0.3 is 19.7 Å². The first-order valence-corrected chi connectivity index (χ1v) is 9.50. The second-order valence-corrected chi connectivity index (χ2v) is 6.90. The monoisotopic (exact) mass is 399 g/mol. The minimum Gasteiger partial charge on any atom is -0.497 e. The van der Waals surface area contributed by atoms with Crippen molar-refractivity contribution < 1.29 is 19.2 Å². The first kappa shape index (κ1) is 20.4. The van der Waals surface area contributed by atoms with Gasteiger partial charge in [-0.3, -0.25) is 14.9 Å². The highest BCUT2D eigenvalue weighted by Crippen LogP contribution is 2.31. The van der Waals surface area contributed by atoms with Crippen LogP contribution in [0.2, 0.25) is 0 Å². The highest BCUT2D eigenvalue weighted by Gasteiger charge is 2.28. The molecule has 1 amide bonds. The molecule has 2 aromatic rings. The fourth-order valence-corrected chi connectivity index (χ4v) is 3.62. The van der Waals surface area contributed by atoms with Crippen LogP contribution in [0.25, 0.3) is 0 Å². The summed E-state index contributed by atoms with van der Waals surface area (Å²) in [7, 11) is 3.18. The summed E-state index contributed by atoms with van der Waals surface area (Å²) in [6.07, 6.45) is 1.29. The summed E-state index contributed by atoms with van der Waals surface area (Å²) in [4.78, 5) is 25.5. The number of hydrogen-bond donors (Lipinski definition) is 1. The highest BCUT2D eigenvalue weighted by atomic mass is 16.6. The molecule has 0 radical (unpaired) electrons. The van der Waals surface area contributed by atoms with E-state index >= 15 is 0 Å². The number of ether oxygens (including phenoxy) is 2. The number of piperidine rings is 1. The van der Waals surface area contributed by atoms with E-state index in [9.17, 15) is 14.9 Å². The van der Waals surface area contributed by atoms with Gasteiger partial charge in [0.25, 0.3) is 5.69 Å². The van der Waals surface area contributed by atoms with E-state index in [4.69, 9.17) is 9.47 Å². The molecule has 0 unspecified atom stereocenters. The minimum atomic E-state index is -0.365. The summed E-state index contributed by atoms with van der Waals surface area (Å²) in [5, 5.41) is 14.2. The Labute approximate surface area is 169 Å². The van der Waals surface area contributed by atoms with Gasteiger partial charge in [-0.2, -0.15) is 0 Å². The van der Waals surface area contributed by atoms with Crippen LogP contribution in [0, 0.1) is 16.0 Å². The molecule has 0 spiro atoms. The molecule has 0 bridgehead atoms. The molecule has 1 fully saturated rings. The third-order valence-electron chi connectivity index (χ3n) is 5.23. The molecule has 1 aliphatic heterocycles. The van der Waals surface area contributed by atoms with Gasteiger partial charge >= 0.3 is 0 Å². The molecular formula is C21H25N3O5. The standard InChI is InChI=1S/C21H25N3O5/c1-28-17-7-8-20(29-2)16(13-17)14-22-21(25)15-9-11-23(12-10-15)18-5-3-4-6-19(18)24(26)27/h3-8,13,15H,9-12,14H2,1-2H3,(H,22,25). The lowest BCUT2D eigenvalue weighted by Crippen LogP contribution is -2.40. The summed E-state index contributed by atoms with van der Waals surface area (Å²) in [5.41, 5.74) is 1.55. The van der Waals surface area contributed by atoms with E-state index < -0.39 is 0 Å². The third kappa shape index (κ3) is 4.77. The second kappa shape index (κ2) is 9.27. The minimum absolute atomic E-state index is 0.0166. The van der Waals surface area contributed by atoms with Crippen molar-refractivity contribution in [2.24, 2.45) is 5.92 Å². The number of amides is 1. The molecule has 154 valence electrons. The highest BCUT2D eigenvalue weighted by molar-refractivity contribution is 5.79. The number of carbonyl (C=O) groups excluding carboxylic acids is 1. The van der Waals surface area contributed by atoms with Crippen molar-refractivity contribution in [3.05, 3.63) is 58.1 Å². The van der Waals surface area contributed by atoms with Crippen LogP contribution in [-0.2, 0) is 11.3 Å². The van der Waals surface area contributed by atoms with Crippen LogP contribution < -0.4 is 19.7 Å². The van der Waals surface area contributed by atoms with Crippen LogP contribution in [0.5, 0.6) is 11.5 Å². The lowest BCUT2D eigenvalue weighted by molar-refractivity contribution is -0.384.